The molecule has 0 aromatic carbocycles. The highest BCUT2D eigenvalue weighted by atomic mass is 16.4. The van der Waals surface area contributed by atoms with Crippen LogP contribution in [-0.4, -0.2) is 31.3 Å². The average Bonchev–Trinajstić information content (AvgIpc) is 2.91. The van der Waals surface area contributed by atoms with E-state index in [1.165, 1.54) is 36.8 Å². The highest BCUT2D eigenvalue weighted by molar-refractivity contribution is 5.71. The van der Waals surface area contributed by atoms with Gasteiger partial charge in [0.2, 0.25) is 0 Å². The molecule has 1 aromatic rings. The zero-order valence-electron chi connectivity index (χ0n) is 13.0. The van der Waals surface area contributed by atoms with Crippen molar-refractivity contribution < 1.29 is 9.90 Å². The number of carboxylic acid groups (broad SMARTS) is 1. The van der Waals surface area contributed by atoms with E-state index in [1.807, 2.05) is 13.8 Å². The highest BCUT2D eigenvalue weighted by Crippen LogP contribution is 2.27. The molecule has 0 saturated heterocycles. The first-order chi connectivity index (χ1) is 10.1. The van der Waals surface area contributed by atoms with Crippen LogP contribution in [0, 0.1) is 11.8 Å². The summed E-state index contributed by atoms with van der Waals surface area (Å²) in [5.74, 6) is 0.905. The molecular weight excluding hydrogens is 268 g/mol. The summed E-state index contributed by atoms with van der Waals surface area (Å²) in [6.45, 7) is 4.03. The van der Waals surface area contributed by atoms with Crippen LogP contribution in [0.5, 0.6) is 0 Å². The maximum atomic E-state index is 11.5. The van der Waals surface area contributed by atoms with Gasteiger partial charge < -0.3 is 5.11 Å². The zero-order chi connectivity index (χ0) is 15.2. The Bertz CT molecular complexity index is 452. The number of aliphatic carboxylic acids is 1. The topological polar surface area (TPSA) is 80.9 Å². The van der Waals surface area contributed by atoms with Crippen molar-refractivity contribution in [3.63, 3.8) is 0 Å². The van der Waals surface area contributed by atoms with Crippen LogP contribution < -0.4 is 0 Å². The maximum absolute atomic E-state index is 11.5. The quantitative estimate of drug-likeness (QED) is 0.836. The number of aromatic nitrogens is 4. The van der Waals surface area contributed by atoms with Crippen molar-refractivity contribution in [1.82, 2.24) is 20.2 Å². The van der Waals surface area contributed by atoms with E-state index >= 15 is 0 Å². The molecular formula is C15H26N4O2. The number of tetrazole rings is 1. The fourth-order valence-corrected chi connectivity index (χ4v) is 3.18. The predicted molar refractivity (Wildman–Crippen MR) is 78.8 cm³/mol. The zero-order valence-corrected chi connectivity index (χ0v) is 13.0. The first-order valence-corrected chi connectivity index (χ1v) is 8.07. The first-order valence-electron chi connectivity index (χ1n) is 8.07. The van der Waals surface area contributed by atoms with Gasteiger partial charge >= 0.3 is 5.97 Å². The third-order valence-electron chi connectivity index (χ3n) is 4.34. The van der Waals surface area contributed by atoms with Crippen molar-refractivity contribution in [3.05, 3.63) is 5.82 Å². The molecule has 0 radical (unpaired) electrons. The summed E-state index contributed by atoms with van der Waals surface area (Å²) >= 11 is 0. The number of hydrogen-bond donors (Lipinski definition) is 1. The summed E-state index contributed by atoms with van der Waals surface area (Å²) in [6.07, 6.45) is 8.96. The molecule has 1 heterocycles. The third kappa shape index (κ3) is 4.51. The van der Waals surface area contributed by atoms with Gasteiger partial charge in [-0.05, 0) is 35.1 Å². The lowest BCUT2D eigenvalue weighted by molar-refractivity contribution is -0.141. The molecule has 1 aliphatic rings. The molecule has 1 fully saturated rings. The molecule has 0 bridgehead atoms. The minimum absolute atomic E-state index is 0.293. The van der Waals surface area contributed by atoms with Crippen LogP contribution >= 0.6 is 0 Å². The lowest BCUT2D eigenvalue weighted by atomic mass is 9.86. The van der Waals surface area contributed by atoms with E-state index in [4.69, 9.17) is 0 Å². The van der Waals surface area contributed by atoms with E-state index in [1.54, 1.807) is 0 Å². The largest absolute Gasteiger partial charge is 0.480 e. The summed E-state index contributed by atoms with van der Waals surface area (Å²) < 4.78 is 1.52. The molecule has 1 unspecified atom stereocenters. The van der Waals surface area contributed by atoms with E-state index in [2.05, 4.69) is 15.5 Å². The molecule has 1 saturated carbocycles. The predicted octanol–water partition coefficient (Wildman–Crippen LogP) is 2.86. The molecule has 1 aromatic heterocycles. The Morgan fingerprint density at radius 1 is 1.33 bits per heavy atom. The van der Waals surface area contributed by atoms with E-state index < -0.39 is 12.0 Å². The molecule has 0 aliphatic heterocycles. The standard InChI is InChI=1S/C15H26N4O2/c1-11(2)10-13(15(20)21)19-14(16-17-18-19)9-8-12-6-4-3-5-7-12/h11-13H,3-10H2,1-2H3,(H,20,21). The second kappa shape index (κ2) is 7.52. The SMILES string of the molecule is CC(C)CC(C(=O)O)n1nnnc1CCC1CCCCC1. The van der Waals surface area contributed by atoms with Crippen LogP contribution in [0.4, 0.5) is 0 Å². The number of carbonyl (C=O) groups is 1. The summed E-state index contributed by atoms with van der Waals surface area (Å²) in [5.41, 5.74) is 0. The maximum Gasteiger partial charge on any atom is 0.328 e. The van der Waals surface area contributed by atoms with Crippen LogP contribution in [0.25, 0.3) is 0 Å². The molecule has 1 atom stereocenters. The Hall–Kier alpha value is -1.46. The molecule has 2 rings (SSSR count). The number of rotatable bonds is 7. The van der Waals surface area contributed by atoms with Gasteiger partial charge in [-0.2, -0.15) is 0 Å². The first kappa shape index (κ1) is 15.9. The van der Waals surface area contributed by atoms with E-state index in [0.717, 1.165) is 18.8 Å². The minimum Gasteiger partial charge on any atom is -0.480 e. The number of nitrogens with zero attached hydrogens (tertiary/aromatic N) is 4. The molecule has 6 nitrogen and oxygen atoms in total. The second-order valence-electron chi connectivity index (χ2n) is 6.57. The Labute approximate surface area is 125 Å². The van der Waals surface area contributed by atoms with Crippen molar-refractivity contribution in [2.45, 2.75) is 71.3 Å². The van der Waals surface area contributed by atoms with Crippen LogP contribution in [0.2, 0.25) is 0 Å². The minimum atomic E-state index is -0.852. The molecule has 118 valence electrons. The van der Waals surface area contributed by atoms with Crippen molar-refractivity contribution in [3.8, 4) is 0 Å². The van der Waals surface area contributed by atoms with Gasteiger partial charge in [0.05, 0.1) is 0 Å². The van der Waals surface area contributed by atoms with Gasteiger partial charge in [-0.15, -0.1) is 5.10 Å². The van der Waals surface area contributed by atoms with Gasteiger partial charge in [-0.25, -0.2) is 9.48 Å². The smallest absolute Gasteiger partial charge is 0.328 e. The number of aryl methyl sites for hydroxylation is 1. The van der Waals surface area contributed by atoms with Crippen molar-refractivity contribution >= 4 is 5.97 Å². The molecule has 1 aliphatic carbocycles. The van der Waals surface area contributed by atoms with Gasteiger partial charge in [0, 0.05) is 6.42 Å². The lowest BCUT2D eigenvalue weighted by Crippen LogP contribution is -2.24. The van der Waals surface area contributed by atoms with Crippen molar-refractivity contribution in [2.75, 3.05) is 0 Å². The monoisotopic (exact) mass is 294 g/mol. The Balaban J connectivity index is 2.00. The molecule has 6 heteroatoms. The Morgan fingerprint density at radius 2 is 2.05 bits per heavy atom. The normalized spacial score (nSPS) is 18.0. The molecule has 1 N–H and O–H groups in total. The fourth-order valence-electron chi connectivity index (χ4n) is 3.18. The summed E-state index contributed by atoms with van der Waals surface area (Å²) in [6, 6.07) is -0.652. The summed E-state index contributed by atoms with van der Waals surface area (Å²) in [7, 11) is 0. The molecule has 21 heavy (non-hydrogen) atoms. The number of carboxylic acids is 1. The fraction of sp³-hybridized carbons (Fsp3) is 0.867. The van der Waals surface area contributed by atoms with Gasteiger partial charge in [0.1, 0.15) is 0 Å². The Kier molecular flexibility index (Phi) is 5.70. The van der Waals surface area contributed by atoms with Crippen LogP contribution in [0.15, 0.2) is 0 Å². The van der Waals surface area contributed by atoms with Gasteiger partial charge in [-0.1, -0.05) is 46.0 Å². The van der Waals surface area contributed by atoms with Gasteiger partial charge in [0.25, 0.3) is 0 Å². The summed E-state index contributed by atoms with van der Waals surface area (Å²) in [4.78, 5) is 11.5. The van der Waals surface area contributed by atoms with Gasteiger partial charge in [-0.3, -0.25) is 0 Å². The van der Waals surface area contributed by atoms with E-state index in [0.29, 0.717) is 18.2 Å². The summed E-state index contributed by atoms with van der Waals surface area (Å²) in [5, 5.41) is 21.1. The van der Waals surface area contributed by atoms with Crippen molar-refractivity contribution in [2.24, 2.45) is 11.8 Å². The second-order valence-corrected chi connectivity index (χ2v) is 6.57. The molecule has 0 amide bonds. The van der Waals surface area contributed by atoms with Crippen molar-refractivity contribution in [1.29, 1.82) is 0 Å². The highest BCUT2D eigenvalue weighted by Gasteiger charge is 2.25. The Morgan fingerprint density at radius 3 is 2.67 bits per heavy atom. The van der Waals surface area contributed by atoms with E-state index in [-0.39, 0.29) is 0 Å². The third-order valence-corrected chi connectivity index (χ3v) is 4.34. The molecule has 0 spiro atoms. The van der Waals surface area contributed by atoms with Crippen LogP contribution in [0.1, 0.15) is 70.7 Å². The van der Waals surface area contributed by atoms with Gasteiger partial charge in [0.15, 0.2) is 11.9 Å². The average molecular weight is 294 g/mol. The van der Waals surface area contributed by atoms with Crippen LogP contribution in [-0.2, 0) is 11.2 Å². The van der Waals surface area contributed by atoms with Crippen LogP contribution in [0.3, 0.4) is 0 Å². The lowest BCUT2D eigenvalue weighted by Gasteiger charge is -2.21. The van der Waals surface area contributed by atoms with E-state index in [9.17, 15) is 9.90 Å². The number of hydrogen-bond acceptors (Lipinski definition) is 4.